The number of carbonyl (C=O) groups excluding carboxylic acids is 4. The van der Waals surface area contributed by atoms with Crippen LogP contribution in [0.25, 0.3) is 0 Å². The first-order valence-corrected chi connectivity index (χ1v) is 8.78. The predicted octanol–water partition coefficient (Wildman–Crippen LogP) is 0.180. The normalized spacial score (nSPS) is 15.3. The van der Waals surface area contributed by atoms with Crippen molar-refractivity contribution in [3.63, 3.8) is 0 Å². The number of nitrogens with one attached hydrogen (secondary N) is 3. The molecule has 1 fully saturated rings. The first-order valence-electron chi connectivity index (χ1n) is 8.78. The van der Waals surface area contributed by atoms with Gasteiger partial charge in [-0.2, -0.15) is 13.2 Å². The molecule has 0 saturated carbocycles. The number of hydrogen-bond acceptors (Lipinski definition) is 5. The van der Waals surface area contributed by atoms with E-state index in [1.807, 2.05) is 5.32 Å². The quantitative estimate of drug-likeness (QED) is 0.475. The summed E-state index contributed by atoms with van der Waals surface area (Å²) in [6.45, 7) is 1.47. The van der Waals surface area contributed by atoms with Crippen LogP contribution in [-0.2, 0) is 25.3 Å². The Labute approximate surface area is 168 Å². The lowest BCUT2D eigenvalue weighted by molar-refractivity contribution is -0.137. The summed E-state index contributed by atoms with van der Waals surface area (Å²) in [7, 11) is 0. The van der Waals surface area contributed by atoms with Crippen molar-refractivity contribution < 1.29 is 37.1 Å². The fourth-order valence-electron chi connectivity index (χ4n) is 2.67. The highest BCUT2D eigenvalue weighted by atomic mass is 19.4. The highest BCUT2D eigenvalue weighted by Crippen LogP contribution is 2.38. The number of nitrogens with zero attached hydrogens (tertiary/aromatic N) is 1. The monoisotopic (exact) mass is 431 g/mol. The van der Waals surface area contributed by atoms with Gasteiger partial charge in [-0.05, 0) is 25.1 Å². The van der Waals surface area contributed by atoms with Gasteiger partial charge >= 0.3 is 12.2 Å². The molecule has 0 radical (unpaired) electrons. The predicted molar refractivity (Wildman–Crippen MR) is 98.4 cm³/mol. The fourth-order valence-corrected chi connectivity index (χ4v) is 2.67. The lowest BCUT2D eigenvalue weighted by Gasteiger charge is -2.29. The number of rotatable bonds is 6. The minimum atomic E-state index is -4.84. The first kappa shape index (κ1) is 22.9. The van der Waals surface area contributed by atoms with E-state index >= 15 is 0 Å². The van der Waals surface area contributed by atoms with E-state index < -0.39 is 41.5 Å². The van der Waals surface area contributed by atoms with Gasteiger partial charge in [0, 0.05) is 18.8 Å². The van der Waals surface area contributed by atoms with Crippen LogP contribution < -0.4 is 26.6 Å². The van der Waals surface area contributed by atoms with Crippen LogP contribution in [0.3, 0.4) is 0 Å². The molecule has 0 spiro atoms. The Morgan fingerprint density at radius 1 is 1.30 bits per heavy atom. The molecule has 1 aliphatic heterocycles. The average molecular weight is 431 g/mol. The molecule has 5 amide bonds. The molecule has 10 nitrogen and oxygen atoms in total. The topological polar surface area (TPSA) is 143 Å². The highest BCUT2D eigenvalue weighted by Gasteiger charge is 2.37. The summed E-state index contributed by atoms with van der Waals surface area (Å²) in [5.74, 6) is -2.97. The van der Waals surface area contributed by atoms with E-state index in [-0.39, 0.29) is 37.7 Å². The van der Waals surface area contributed by atoms with E-state index in [0.29, 0.717) is 6.07 Å². The summed E-state index contributed by atoms with van der Waals surface area (Å²) in [6, 6.07) is 0.119. The third-order valence-corrected chi connectivity index (χ3v) is 4.01. The number of carbonyl (C=O) groups is 4. The van der Waals surface area contributed by atoms with Crippen molar-refractivity contribution >= 4 is 35.1 Å². The number of hydrogen-bond donors (Lipinski definition) is 4. The molecule has 13 heteroatoms. The van der Waals surface area contributed by atoms with Gasteiger partial charge in [0.25, 0.3) is 11.8 Å². The number of nitrogens with two attached hydrogens (primary N) is 1. The van der Waals surface area contributed by atoms with Gasteiger partial charge in [0.1, 0.15) is 6.61 Å². The van der Waals surface area contributed by atoms with Crippen LogP contribution in [0.5, 0.6) is 0 Å². The molecule has 0 aliphatic carbocycles. The number of alkyl halides is 3. The number of primary amides is 1. The van der Waals surface area contributed by atoms with E-state index in [1.54, 1.807) is 6.92 Å². The molecular weight excluding hydrogens is 411 g/mol. The van der Waals surface area contributed by atoms with Crippen LogP contribution in [0.4, 0.5) is 29.3 Å². The van der Waals surface area contributed by atoms with Gasteiger partial charge in [0.05, 0.1) is 17.9 Å². The molecule has 1 heterocycles. The number of benzene rings is 1. The third kappa shape index (κ3) is 5.59. The van der Waals surface area contributed by atoms with Crippen molar-refractivity contribution in [1.82, 2.24) is 10.6 Å². The average Bonchev–Trinajstić information content (AvgIpc) is 2.66. The van der Waals surface area contributed by atoms with Crippen LogP contribution in [-0.4, -0.2) is 56.1 Å². The van der Waals surface area contributed by atoms with Gasteiger partial charge in [-0.3, -0.25) is 14.4 Å². The third-order valence-electron chi connectivity index (χ3n) is 4.01. The Balaban J connectivity index is 2.29. The van der Waals surface area contributed by atoms with Crippen molar-refractivity contribution in [2.45, 2.75) is 19.1 Å². The van der Waals surface area contributed by atoms with Crippen LogP contribution in [0.15, 0.2) is 18.2 Å². The van der Waals surface area contributed by atoms with Crippen LogP contribution in [0, 0.1) is 0 Å². The molecule has 2 rings (SSSR count). The zero-order chi connectivity index (χ0) is 22.5. The molecule has 0 unspecified atom stereocenters. The second-order valence-corrected chi connectivity index (χ2v) is 6.16. The maximum absolute atomic E-state index is 13.6. The number of halogens is 3. The summed E-state index contributed by atoms with van der Waals surface area (Å²) >= 11 is 0. The largest absolute Gasteiger partial charge is 0.418 e. The lowest BCUT2D eigenvalue weighted by atomic mass is 10.1. The Morgan fingerprint density at radius 3 is 2.57 bits per heavy atom. The van der Waals surface area contributed by atoms with Crippen molar-refractivity contribution in [1.29, 1.82) is 0 Å². The number of anilines is 2. The summed E-state index contributed by atoms with van der Waals surface area (Å²) in [5, 5.41) is 6.43. The van der Waals surface area contributed by atoms with Crippen molar-refractivity contribution in [2.24, 2.45) is 5.73 Å². The maximum Gasteiger partial charge on any atom is 0.418 e. The molecule has 5 N–H and O–H groups in total. The molecule has 1 aromatic rings. The molecule has 0 aromatic heterocycles. The molecular formula is C17H20F3N5O5. The van der Waals surface area contributed by atoms with Gasteiger partial charge in [-0.15, -0.1) is 0 Å². The number of amides is 5. The second-order valence-electron chi connectivity index (χ2n) is 6.16. The summed E-state index contributed by atoms with van der Waals surface area (Å²) < 4.78 is 45.6. The van der Waals surface area contributed by atoms with Crippen LogP contribution in [0.2, 0.25) is 0 Å². The molecule has 0 bridgehead atoms. The van der Waals surface area contributed by atoms with E-state index in [9.17, 15) is 32.3 Å². The highest BCUT2D eigenvalue weighted by molar-refractivity contribution is 6.11. The van der Waals surface area contributed by atoms with E-state index in [2.05, 4.69) is 10.6 Å². The second kappa shape index (κ2) is 9.43. The fraction of sp³-hybridized carbons (Fsp3) is 0.412. The summed E-state index contributed by atoms with van der Waals surface area (Å²) in [6.07, 6.45) is -4.84. The summed E-state index contributed by atoms with van der Waals surface area (Å²) in [4.78, 5) is 48.2. The maximum atomic E-state index is 13.6. The standard InChI is InChI=1S/C17H20F3N5O5/c1-2-22-16(29)24-13(14(21)27)15(28)23-9-3-4-11(10(7-9)17(18,19)20)25-5-6-30-8-12(25)26/h3-4,7,13H,2,5-6,8H2,1H3,(H2,21,27)(H,23,28)(H2,22,24,29)/t13-/m1/s1. The van der Waals surface area contributed by atoms with E-state index in [4.69, 9.17) is 10.5 Å². The van der Waals surface area contributed by atoms with Crippen LogP contribution >= 0.6 is 0 Å². The molecule has 164 valence electrons. The van der Waals surface area contributed by atoms with Gasteiger partial charge < -0.3 is 31.3 Å². The molecule has 30 heavy (non-hydrogen) atoms. The SMILES string of the molecule is CCNC(=O)N[C@H](C(N)=O)C(=O)Nc1ccc(N2CCOCC2=O)c(C(F)(F)F)c1. The Bertz CT molecular complexity index is 846. The van der Waals surface area contributed by atoms with Crippen LogP contribution in [0.1, 0.15) is 12.5 Å². The number of urea groups is 1. The first-order chi connectivity index (χ1) is 14.0. The van der Waals surface area contributed by atoms with E-state index in [0.717, 1.165) is 17.0 Å². The molecule has 1 atom stereocenters. The van der Waals surface area contributed by atoms with Crippen molar-refractivity contribution in [3.05, 3.63) is 23.8 Å². The zero-order valence-electron chi connectivity index (χ0n) is 15.8. The zero-order valence-corrected chi connectivity index (χ0v) is 15.8. The molecule has 1 aliphatic rings. The smallest absolute Gasteiger partial charge is 0.370 e. The minimum Gasteiger partial charge on any atom is -0.370 e. The van der Waals surface area contributed by atoms with Gasteiger partial charge in [-0.25, -0.2) is 4.79 Å². The van der Waals surface area contributed by atoms with Crippen molar-refractivity contribution in [3.8, 4) is 0 Å². The Morgan fingerprint density at radius 2 is 2.00 bits per heavy atom. The van der Waals surface area contributed by atoms with Gasteiger partial charge in [-0.1, -0.05) is 0 Å². The Hall–Kier alpha value is -3.35. The molecule has 1 aromatic carbocycles. The Kier molecular flexibility index (Phi) is 7.21. The van der Waals surface area contributed by atoms with Crippen molar-refractivity contribution in [2.75, 3.05) is 36.5 Å². The van der Waals surface area contributed by atoms with Gasteiger partial charge in [0.15, 0.2) is 6.04 Å². The number of morpholine rings is 1. The lowest BCUT2D eigenvalue weighted by Crippen LogP contribution is -2.54. The number of ether oxygens (including phenoxy) is 1. The molecule has 1 saturated heterocycles. The van der Waals surface area contributed by atoms with E-state index in [1.165, 1.54) is 0 Å². The summed E-state index contributed by atoms with van der Waals surface area (Å²) in [5.41, 5.74) is 3.24. The minimum absolute atomic E-state index is 0.0617. The van der Waals surface area contributed by atoms with Gasteiger partial charge in [0.2, 0.25) is 5.91 Å².